The van der Waals surface area contributed by atoms with Crippen LogP contribution in [0.4, 0.5) is 5.69 Å². The van der Waals surface area contributed by atoms with Gasteiger partial charge in [0.15, 0.2) is 0 Å². The number of hydrogen-bond donors (Lipinski definition) is 1. The molecule has 0 aromatic heterocycles. The van der Waals surface area contributed by atoms with E-state index < -0.39 is 10.0 Å². The van der Waals surface area contributed by atoms with Crippen molar-refractivity contribution in [1.29, 1.82) is 0 Å². The van der Waals surface area contributed by atoms with Crippen LogP contribution in [0.25, 0.3) is 0 Å². The number of anilines is 1. The van der Waals surface area contributed by atoms with Gasteiger partial charge in [-0.15, -0.1) is 0 Å². The second-order valence-corrected chi connectivity index (χ2v) is 11.9. The number of nitrogens with zero attached hydrogens (tertiary/aromatic N) is 1. The van der Waals surface area contributed by atoms with Gasteiger partial charge in [0.2, 0.25) is 5.91 Å². The van der Waals surface area contributed by atoms with Gasteiger partial charge in [-0.3, -0.25) is 9.10 Å². The second-order valence-electron chi connectivity index (χ2n) is 9.16. The molecular formula is C29H33BrN2O4S. The number of fused-ring (bicyclic) bond motifs is 1. The summed E-state index contributed by atoms with van der Waals surface area (Å²) in [7, 11) is -4.00. The highest BCUT2D eigenvalue weighted by Crippen LogP contribution is 2.28. The molecule has 3 aromatic carbocycles. The van der Waals surface area contributed by atoms with Gasteiger partial charge in [0.1, 0.15) is 12.3 Å². The summed E-state index contributed by atoms with van der Waals surface area (Å²) in [4.78, 5) is 13.4. The Morgan fingerprint density at radius 1 is 0.973 bits per heavy atom. The summed E-state index contributed by atoms with van der Waals surface area (Å²) < 4.78 is 34.8. The Bertz CT molecular complexity index is 1330. The summed E-state index contributed by atoms with van der Waals surface area (Å²) in [6.45, 7) is 4.07. The van der Waals surface area contributed by atoms with Crippen molar-refractivity contribution in [2.45, 2.75) is 56.9 Å². The van der Waals surface area contributed by atoms with Crippen molar-refractivity contribution in [1.82, 2.24) is 5.32 Å². The van der Waals surface area contributed by atoms with Crippen molar-refractivity contribution in [3.8, 4) is 5.75 Å². The lowest BCUT2D eigenvalue weighted by atomic mass is 9.89. The molecule has 0 spiro atoms. The molecule has 37 heavy (non-hydrogen) atoms. The van der Waals surface area contributed by atoms with E-state index in [0.717, 1.165) is 27.2 Å². The summed E-state index contributed by atoms with van der Waals surface area (Å²) >= 11 is 3.35. The van der Waals surface area contributed by atoms with Crippen LogP contribution in [0.15, 0.2) is 76.1 Å². The number of halogens is 1. The summed E-state index contributed by atoms with van der Waals surface area (Å²) in [5.41, 5.74) is 4.19. The topological polar surface area (TPSA) is 75.7 Å². The molecule has 8 heteroatoms. The molecule has 0 bridgehead atoms. The van der Waals surface area contributed by atoms with E-state index in [2.05, 4.69) is 39.4 Å². The van der Waals surface area contributed by atoms with Crippen LogP contribution in [0.3, 0.4) is 0 Å². The van der Waals surface area contributed by atoms with E-state index in [0.29, 0.717) is 24.5 Å². The number of sulfonamides is 1. The molecule has 6 nitrogen and oxygen atoms in total. The molecule has 1 atom stereocenters. The fourth-order valence-corrected chi connectivity index (χ4v) is 6.37. The van der Waals surface area contributed by atoms with Crippen molar-refractivity contribution in [3.63, 3.8) is 0 Å². The maximum absolute atomic E-state index is 13.7. The van der Waals surface area contributed by atoms with E-state index in [9.17, 15) is 13.2 Å². The minimum Gasteiger partial charge on any atom is -0.494 e. The number of rotatable bonds is 10. The molecule has 0 unspecified atom stereocenters. The van der Waals surface area contributed by atoms with E-state index in [4.69, 9.17) is 4.74 Å². The first-order chi connectivity index (χ1) is 17.8. The van der Waals surface area contributed by atoms with Crippen LogP contribution in [-0.2, 0) is 27.7 Å². The third-order valence-corrected chi connectivity index (χ3v) is 8.96. The minimum absolute atomic E-state index is 0.110. The van der Waals surface area contributed by atoms with E-state index in [-0.39, 0.29) is 23.4 Å². The van der Waals surface area contributed by atoms with Gasteiger partial charge in [0.05, 0.1) is 23.2 Å². The zero-order valence-corrected chi connectivity index (χ0v) is 23.6. The summed E-state index contributed by atoms with van der Waals surface area (Å²) in [6.07, 6.45) is 5.26. The SMILES string of the molecule is CCOc1ccc(N(CC(=O)N[C@H](CC)c2ccc3c(c2)CCCC3)S(=O)(=O)c2ccc(Br)cc2)cc1. The smallest absolute Gasteiger partial charge is 0.264 e. The largest absolute Gasteiger partial charge is 0.494 e. The third-order valence-electron chi connectivity index (χ3n) is 6.64. The number of aryl methyl sites for hydroxylation is 2. The predicted molar refractivity (Wildman–Crippen MR) is 151 cm³/mol. The maximum Gasteiger partial charge on any atom is 0.264 e. The molecule has 0 fully saturated rings. The molecule has 1 N–H and O–H groups in total. The molecular weight excluding hydrogens is 552 g/mol. The average molecular weight is 586 g/mol. The number of amides is 1. The molecule has 0 aliphatic heterocycles. The number of ether oxygens (including phenoxy) is 1. The highest BCUT2D eigenvalue weighted by molar-refractivity contribution is 9.10. The fraction of sp³-hybridized carbons (Fsp3) is 0.345. The Morgan fingerprint density at radius 3 is 2.30 bits per heavy atom. The lowest BCUT2D eigenvalue weighted by Gasteiger charge is -2.26. The summed E-state index contributed by atoms with van der Waals surface area (Å²) in [5.74, 6) is 0.272. The number of carbonyl (C=O) groups is 1. The van der Waals surface area contributed by atoms with Gasteiger partial charge < -0.3 is 10.1 Å². The van der Waals surface area contributed by atoms with Crippen molar-refractivity contribution in [2.75, 3.05) is 17.5 Å². The molecule has 1 aliphatic rings. The highest BCUT2D eigenvalue weighted by Gasteiger charge is 2.28. The quantitative estimate of drug-likeness (QED) is 0.308. The monoisotopic (exact) mass is 584 g/mol. The maximum atomic E-state index is 13.7. The molecule has 0 saturated carbocycles. The van der Waals surface area contributed by atoms with Crippen molar-refractivity contribution >= 4 is 37.5 Å². The summed E-state index contributed by atoms with van der Waals surface area (Å²) in [5, 5.41) is 3.08. The number of benzene rings is 3. The predicted octanol–water partition coefficient (Wildman–Crippen LogP) is 6.19. The van der Waals surface area contributed by atoms with Crippen molar-refractivity contribution in [2.24, 2.45) is 0 Å². The summed E-state index contributed by atoms with van der Waals surface area (Å²) in [6, 6.07) is 19.4. The van der Waals surface area contributed by atoms with Crippen molar-refractivity contribution < 1.29 is 17.9 Å². The fourth-order valence-electron chi connectivity index (χ4n) is 4.69. The molecule has 1 aliphatic carbocycles. The first-order valence-electron chi connectivity index (χ1n) is 12.7. The minimum atomic E-state index is -4.00. The third kappa shape index (κ3) is 6.54. The molecule has 1 amide bonds. The van der Waals surface area contributed by atoms with Crippen LogP contribution in [0, 0.1) is 0 Å². The Balaban J connectivity index is 1.59. The van der Waals surface area contributed by atoms with Crippen LogP contribution in [0.5, 0.6) is 5.75 Å². The Hall–Kier alpha value is -2.84. The number of nitrogens with one attached hydrogen (secondary N) is 1. The van der Waals surface area contributed by atoms with Gasteiger partial charge in [0, 0.05) is 4.47 Å². The molecule has 0 saturated heterocycles. The zero-order valence-electron chi connectivity index (χ0n) is 21.2. The van der Waals surface area contributed by atoms with E-state index >= 15 is 0 Å². The van der Waals surface area contributed by atoms with Crippen molar-refractivity contribution in [3.05, 3.63) is 87.9 Å². The Kier molecular flexibility index (Phi) is 8.92. The van der Waals surface area contributed by atoms with E-state index in [1.165, 1.54) is 36.1 Å². The van der Waals surface area contributed by atoms with Gasteiger partial charge in [0.25, 0.3) is 10.0 Å². The van der Waals surface area contributed by atoms with Gasteiger partial charge >= 0.3 is 0 Å². The number of hydrogen-bond acceptors (Lipinski definition) is 4. The first-order valence-corrected chi connectivity index (χ1v) is 15.0. The van der Waals surface area contributed by atoms with Crippen LogP contribution < -0.4 is 14.4 Å². The Morgan fingerprint density at radius 2 is 1.65 bits per heavy atom. The normalized spacial score (nSPS) is 13.9. The lowest BCUT2D eigenvalue weighted by Crippen LogP contribution is -2.42. The van der Waals surface area contributed by atoms with Crippen LogP contribution in [0.1, 0.15) is 55.8 Å². The number of carbonyl (C=O) groups excluding carboxylic acids is 1. The van der Waals surface area contributed by atoms with Crippen LogP contribution in [0.2, 0.25) is 0 Å². The lowest BCUT2D eigenvalue weighted by molar-refractivity contribution is -0.120. The second kappa shape index (κ2) is 12.1. The molecule has 0 radical (unpaired) electrons. The average Bonchev–Trinajstić information content (AvgIpc) is 2.91. The van der Waals surface area contributed by atoms with Crippen LogP contribution >= 0.6 is 15.9 Å². The Labute approximate surface area is 228 Å². The van der Waals surface area contributed by atoms with Gasteiger partial charge in [-0.05, 0) is 104 Å². The van der Waals surface area contributed by atoms with Crippen LogP contribution in [-0.4, -0.2) is 27.5 Å². The molecule has 196 valence electrons. The molecule has 4 rings (SSSR count). The van der Waals surface area contributed by atoms with E-state index in [1.54, 1.807) is 36.4 Å². The first kappa shape index (κ1) is 27.2. The highest BCUT2D eigenvalue weighted by atomic mass is 79.9. The van der Waals surface area contributed by atoms with E-state index in [1.807, 2.05) is 13.8 Å². The molecule has 3 aromatic rings. The van der Waals surface area contributed by atoms with Gasteiger partial charge in [-0.2, -0.15) is 0 Å². The standard InChI is InChI=1S/C29H33BrN2O4S/c1-3-28(23-10-9-21-7-5-6-8-22(21)19-23)31-29(33)20-32(25-13-15-26(16-14-25)36-4-2)37(34,35)27-17-11-24(30)12-18-27/h9-19,28H,3-8,20H2,1-2H3,(H,31,33)/t28-/m1/s1. The van der Waals surface area contributed by atoms with Gasteiger partial charge in [-0.25, -0.2) is 8.42 Å². The molecule has 0 heterocycles. The van der Waals surface area contributed by atoms with Gasteiger partial charge in [-0.1, -0.05) is 41.1 Å². The zero-order chi connectivity index (χ0) is 26.4.